The number of likely N-dealkylation sites (tertiary alicyclic amines) is 1. The van der Waals surface area contributed by atoms with Crippen LogP contribution in [0.15, 0.2) is 60.7 Å². The van der Waals surface area contributed by atoms with E-state index in [2.05, 4.69) is 53.1 Å². The van der Waals surface area contributed by atoms with Crippen LogP contribution >= 0.6 is 0 Å². The van der Waals surface area contributed by atoms with Crippen molar-refractivity contribution < 1.29 is 14.3 Å². The number of nitrogens with zero attached hydrogens (tertiary/aromatic N) is 2. The largest absolute Gasteiger partial charge is 0.347 e. The quantitative estimate of drug-likeness (QED) is 0.496. The van der Waals surface area contributed by atoms with Crippen molar-refractivity contribution in [2.24, 2.45) is 0 Å². The lowest BCUT2D eigenvalue weighted by molar-refractivity contribution is -0.181. The molecule has 3 aromatic rings. The van der Waals surface area contributed by atoms with Gasteiger partial charge in [-0.1, -0.05) is 36.8 Å². The van der Waals surface area contributed by atoms with E-state index in [0.29, 0.717) is 26.3 Å². The fourth-order valence-corrected chi connectivity index (χ4v) is 5.76. The Labute approximate surface area is 201 Å². The summed E-state index contributed by atoms with van der Waals surface area (Å²) in [6.45, 7) is 2.65. The highest BCUT2D eigenvalue weighted by atomic mass is 16.7. The van der Waals surface area contributed by atoms with Crippen molar-refractivity contribution in [3.8, 4) is 16.9 Å². The van der Waals surface area contributed by atoms with Crippen molar-refractivity contribution in [1.29, 1.82) is 0 Å². The fourth-order valence-electron chi connectivity index (χ4n) is 5.76. The third-order valence-electron chi connectivity index (χ3n) is 7.62. The molecule has 2 saturated heterocycles. The number of ether oxygens (including phenoxy) is 2. The molecule has 0 unspecified atom stereocenters. The van der Waals surface area contributed by atoms with Gasteiger partial charge in [-0.3, -0.25) is 4.79 Å². The second-order valence-electron chi connectivity index (χ2n) is 9.71. The van der Waals surface area contributed by atoms with Crippen LogP contribution in [0.4, 0.5) is 0 Å². The molecule has 0 saturated carbocycles. The number of carbonyl (C=O) groups excluding carboxylic acids is 1. The second-order valence-corrected chi connectivity index (χ2v) is 9.71. The average molecular weight is 457 g/mol. The third-order valence-corrected chi connectivity index (χ3v) is 7.62. The SMILES string of the molecule is O=C(c1ccc(-n2c(-c3ccccc3)cc3c2CCCCC3)cc1)N1CCC2(CC1)OCCO2. The molecule has 176 valence electrons. The summed E-state index contributed by atoms with van der Waals surface area (Å²) in [4.78, 5) is 15.1. The van der Waals surface area contributed by atoms with Gasteiger partial charge in [-0.25, -0.2) is 0 Å². The van der Waals surface area contributed by atoms with Gasteiger partial charge < -0.3 is 18.9 Å². The molecule has 2 aromatic carbocycles. The molecule has 1 amide bonds. The third kappa shape index (κ3) is 3.97. The number of amides is 1. The second kappa shape index (κ2) is 9.05. The number of rotatable bonds is 3. The van der Waals surface area contributed by atoms with Gasteiger partial charge in [-0.2, -0.15) is 0 Å². The number of aromatic nitrogens is 1. The van der Waals surface area contributed by atoms with E-state index in [4.69, 9.17) is 9.47 Å². The monoisotopic (exact) mass is 456 g/mol. The highest BCUT2D eigenvalue weighted by Gasteiger charge is 2.40. The van der Waals surface area contributed by atoms with Gasteiger partial charge in [0.25, 0.3) is 5.91 Å². The predicted molar refractivity (Wildman–Crippen MR) is 132 cm³/mol. The molecule has 1 spiro atoms. The average Bonchev–Trinajstić information content (AvgIpc) is 3.42. The van der Waals surface area contributed by atoms with Gasteiger partial charge in [0.1, 0.15) is 0 Å². The maximum Gasteiger partial charge on any atom is 0.253 e. The number of hydrogen-bond donors (Lipinski definition) is 0. The molecule has 5 heteroatoms. The molecule has 34 heavy (non-hydrogen) atoms. The molecule has 5 nitrogen and oxygen atoms in total. The Morgan fingerprint density at radius 2 is 1.53 bits per heavy atom. The summed E-state index contributed by atoms with van der Waals surface area (Å²) in [6, 6.07) is 21.2. The Bertz CT molecular complexity index is 1150. The Kier molecular flexibility index (Phi) is 5.75. The first-order chi connectivity index (χ1) is 16.7. The Hall–Kier alpha value is -2.89. The Morgan fingerprint density at radius 1 is 0.824 bits per heavy atom. The lowest BCUT2D eigenvalue weighted by Gasteiger charge is -2.37. The summed E-state index contributed by atoms with van der Waals surface area (Å²) in [5.41, 5.74) is 7.23. The van der Waals surface area contributed by atoms with Crippen molar-refractivity contribution >= 4 is 5.91 Å². The van der Waals surface area contributed by atoms with E-state index in [1.807, 2.05) is 17.0 Å². The van der Waals surface area contributed by atoms with Crippen LogP contribution in [0, 0.1) is 0 Å². The normalized spacial score (nSPS) is 19.7. The summed E-state index contributed by atoms with van der Waals surface area (Å²) in [5.74, 6) is -0.366. The van der Waals surface area contributed by atoms with Gasteiger partial charge in [0.15, 0.2) is 5.79 Å². The van der Waals surface area contributed by atoms with Crippen molar-refractivity contribution in [2.75, 3.05) is 26.3 Å². The molecule has 2 aliphatic heterocycles. The van der Waals surface area contributed by atoms with Crippen molar-refractivity contribution in [3.05, 3.63) is 77.5 Å². The van der Waals surface area contributed by atoms with E-state index in [-0.39, 0.29) is 5.91 Å². The predicted octanol–water partition coefficient (Wildman–Crippen LogP) is 5.39. The van der Waals surface area contributed by atoms with Crippen LogP contribution in [0.2, 0.25) is 0 Å². The topological polar surface area (TPSA) is 43.7 Å². The maximum absolute atomic E-state index is 13.2. The zero-order chi connectivity index (χ0) is 23.0. The van der Waals surface area contributed by atoms with Crippen LogP contribution in [0.5, 0.6) is 0 Å². The van der Waals surface area contributed by atoms with Crippen molar-refractivity contribution in [2.45, 2.75) is 50.7 Å². The number of piperidine rings is 1. The summed E-state index contributed by atoms with van der Waals surface area (Å²) in [5, 5.41) is 0. The first-order valence-corrected chi connectivity index (χ1v) is 12.7. The number of carbonyl (C=O) groups is 1. The molecule has 0 N–H and O–H groups in total. The maximum atomic E-state index is 13.2. The van der Waals surface area contributed by atoms with E-state index >= 15 is 0 Å². The molecule has 2 fully saturated rings. The van der Waals surface area contributed by atoms with Gasteiger partial charge >= 0.3 is 0 Å². The van der Waals surface area contributed by atoms with Gasteiger partial charge in [-0.05, 0) is 67.1 Å². The van der Waals surface area contributed by atoms with Crippen molar-refractivity contribution in [1.82, 2.24) is 9.47 Å². The van der Waals surface area contributed by atoms with E-state index in [0.717, 1.165) is 36.9 Å². The molecule has 3 aliphatic rings. The van der Waals surface area contributed by atoms with E-state index in [1.165, 1.54) is 41.8 Å². The summed E-state index contributed by atoms with van der Waals surface area (Å²) >= 11 is 0. The van der Waals surface area contributed by atoms with Gasteiger partial charge in [0, 0.05) is 42.9 Å². The minimum absolute atomic E-state index is 0.0917. The molecule has 6 rings (SSSR count). The van der Waals surface area contributed by atoms with Gasteiger partial charge in [0.2, 0.25) is 0 Å². The summed E-state index contributed by atoms with van der Waals surface area (Å²) in [7, 11) is 0. The van der Waals surface area contributed by atoms with Gasteiger partial charge in [-0.15, -0.1) is 0 Å². The molecular formula is C29H32N2O3. The zero-order valence-electron chi connectivity index (χ0n) is 19.7. The van der Waals surface area contributed by atoms with Gasteiger partial charge in [0.05, 0.1) is 18.9 Å². The number of aryl methyl sites for hydroxylation is 1. The smallest absolute Gasteiger partial charge is 0.253 e. The van der Waals surface area contributed by atoms with Crippen LogP contribution in [0.1, 0.15) is 53.7 Å². The standard InChI is InChI=1S/C29H32N2O3/c32-28(30-17-15-29(16-18-30)33-19-20-34-29)23-11-13-25(14-12-23)31-26-10-6-2-5-9-24(26)21-27(31)22-7-3-1-4-8-22/h1,3-4,7-8,11-14,21H,2,5-6,9-10,15-20H2. The van der Waals surface area contributed by atoms with Crippen LogP contribution in [-0.4, -0.2) is 47.5 Å². The van der Waals surface area contributed by atoms with Crippen LogP contribution in [0.25, 0.3) is 16.9 Å². The van der Waals surface area contributed by atoms with Crippen LogP contribution in [-0.2, 0) is 22.3 Å². The Balaban J connectivity index is 1.28. The highest BCUT2D eigenvalue weighted by molar-refractivity contribution is 5.94. The molecule has 1 aromatic heterocycles. The molecule has 0 radical (unpaired) electrons. The van der Waals surface area contributed by atoms with E-state index in [1.54, 1.807) is 0 Å². The Morgan fingerprint density at radius 3 is 2.26 bits per heavy atom. The molecule has 3 heterocycles. The lowest BCUT2D eigenvalue weighted by atomic mass is 10.0. The minimum Gasteiger partial charge on any atom is -0.347 e. The molecule has 0 atom stereocenters. The summed E-state index contributed by atoms with van der Waals surface area (Å²) in [6.07, 6.45) is 7.50. The first-order valence-electron chi connectivity index (χ1n) is 12.7. The lowest BCUT2D eigenvalue weighted by Crippen LogP contribution is -2.47. The van der Waals surface area contributed by atoms with Crippen molar-refractivity contribution in [3.63, 3.8) is 0 Å². The first kappa shape index (κ1) is 21.6. The molecule has 0 bridgehead atoms. The summed E-state index contributed by atoms with van der Waals surface area (Å²) < 4.78 is 14.0. The number of benzene rings is 2. The molecule has 1 aliphatic carbocycles. The van der Waals surface area contributed by atoms with E-state index < -0.39 is 5.79 Å². The highest BCUT2D eigenvalue weighted by Crippen LogP contribution is 2.34. The number of fused-ring (bicyclic) bond motifs is 1. The fraction of sp³-hybridized carbons (Fsp3) is 0.414. The number of hydrogen-bond acceptors (Lipinski definition) is 3. The van der Waals surface area contributed by atoms with Crippen LogP contribution in [0.3, 0.4) is 0 Å². The van der Waals surface area contributed by atoms with E-state index in [9.17, 15) is 4.79 Å². The minimum atomic E-state index is -0.458. The zero-order valence-corrected chi connectivity index (χ0v) is 19.7. The van der Waals surface area contributed by atoms with Crippen LogP contribution < -0.4 is 0 Å². The molecular weight excluding hydrogens is 424 g/mol.